The smallest absolute Gasteiger partial charge is 0.123 e. The van der Waals surface area contributed by atoms with Gasteiger partial charge in [-0.3, -0.25) is 9.80 Å². The van der Waals surface area contributed by atoms with Gasteiger partial charge in [-0.15, -0.1) is 0 Å². The van der Waals surface area contributed by atoms with Gasteiger partial charge in [0, 0.05) is 57.1 Å². The van der Waals surface area contributed by atoms with Crippen LogP contribution in [-0.2, 0) is 6.54 Å². The lowest BCUT2D eigenvalue weighted by atomic mass is 10.1. The second kappa shape index (κ2) is 9.26. The first-order valence-electron chi connectivity index (χ1n) is 9.55. The van der Waals surface area contributed by atoms with Crippen LogP contribution in [0.15, 0.2) is 48.3 Å². The van der Waals surface area contributed by atoms with Crippen LogP contribution < -0.4 is 0 Å². The Morgan fingerprint density at radius 3 is 2.74 bits per heavy atom. The molecule has 1 saturated heterocycles. The van der Waals surface area contributed by atoms with Crippen LogP contribution in [0.5, 0.6) is 0 Å². The standard InChI is InChI=1S/C21H29FN4O/c1-17(2)7-9-25-11-10-24(16-21(25)8-12-27)14-18-13-23-26(15-18)20-5-3-19(22)4-6-20/h3-7,13,15,21,27H,8-12,14,16H2,1-2H3/t21-/m1/s1. The molecule has 1 N–H and O–H groups in total. The highest BCUT2D eigenvalue weighted by Crippen LogP contribution is 2.17. The Hall–Kier alpha value is -2.02. The molecule has 0 radical (unpaired) electrons. The summed E-state index contributed by atoms with van der Waals surface area (Å²) in [4.78, 5) is 4.88. The Bertz CT molecular complexity index is 752. The first kappa shape index (κ1) is 19.7. The maximum atomic E-state index is 13.1. The molecule has 1 aromatic carbocycles. The van der Waals surface area contributed by atoms with Crippen molar-refractivity contribution in [3.8, 4) is 5.69 Å². The zero-order valence-electron chi connectivity index (χ0n) is 16.2. The Kier molecular flexibility index (Phi) is 6.77. The predicted molar refractivity (Wildman–Crippen MR) is 105 cm³/mol. The SMILES string of the molecule is CC(C)=CCN1CCN(Cc2cnn(-c3ccc(F)cc3)c2)C[C@H]1CCO. The quantitative estimate of drug-likeness (QED) is 0.759. The van der Waals surface area contributed by atoms with Crippen LogP contribution in [0.2, 0.25) is 0 Å². The fourth-order valence-corrected chi connectivity index (χ4v) is 3.50. The fourth-order valence-electron chi connectivity index (χ4n) is 3.50. The van der Waals surface area contributed by atoms with Crippen molar-refractivity contribution < 1.29 is 9.50 Å². The molecule has 2 heterocycles. The maximum Gasteiger partial charge on any atom is 0.123 e. The van der Waals surface area contributed by atoms with Gasteiger partial charge in [-0.05, 0) is 44.5 Å². The average Bonchev–Trinajstić information content (AvgIpc) is 3.10. The molecule has 1 aliphatic heterocycles. The summed E-state index contributed by atoms with van der Waals surface area (Å²) in [6, 6.07) is 6.71. The van der Waals surface area contributed by atoms with E-state index in [1.807, 2.05) is 12.4 Å². The van der Waals surface area contributed by atoms with Gasteiger partial charge in [0.2, 0.25) is 0 Å². The molecular weight excluding hydrogens is 343 g/mol. The molecule has 0 saturated carbocycles. The number of benzene rings is 1. The Morgan fingerprint density at radius 2 is 2.04 bits per heavy atom. The molecule has 1 aliphatic rings. The van der Waals surface area contributed by atoms with E-state index in [1.165, 1.54) is 17.7 Å². The second-order valence-corrected chi connectivity index (χ2v) is 7.45. The Morgan fingerprint density at radius 1 is 1.26 bits per heavy atom. The normalized spacial score (nSPS) is 18.6. The van der Waals surface area contributed by atoms with Crippen LogP contribution in [0.4, 0.5) is 4.39 Å². The molecule has 0 unspecified atom stereocenters. The van der Waals surface area contributed by atoms with Crippen LogP contribution in [-0.4, -0.2) is 63.5 Å². The molecule has 0 spiro atoms. The van der Waals surface area contributed by atoms with Crippen molar-refractivity contribution in [3.63, 3.8) is 0 Å². The summed E-state index contributed by atoms with van der Waals surface area (Å²) >= 11 is 0. The van der Waals surface area contributed by atoms with Crippen LogP contribution in [0.1, 0.15) is 25.8 Å². The summed E-state index contributed by atoms with van der Waals surface area (Å²) in [7, 11) is 0. The number of hydrogen-bond donors (Lipinski definition) is 1. The van der Waals surface area contributed by atoms with E-state index in [2.05, 4.69) is 34.8 Å². The van der Waals surface area contributed by atoms with Crippen LogP contribution >= 0.6 is 0 Å². The molecule has 2 aromatic rings. The third-order valence-corrected chi connectivity index (χ3v) is 5.02. The molecule has 5 nitrogen and oxygen atoms in total. The lowest BCUT2D eigenvalue weighted by Gasteiger charge is -2.41. The van der Waals surface area contributed by atoms with Gasteiger partial charge in [-0.1, -0.05) is 11.6 Å². The van der Waals surface area contributed by atoms with Crippen molar-refractivity contribution in [2.24, 2.45) is 0 Å². The van der Waals surface area contributed by atoms with Crippen molar-refractivity contribution in [1.82, 2.24) is 19.6 Å². The highest BCUT2D eigenvalue weighted by molar-refractivity contribution is 5.31. The van der Waals surface area contributed by atoms with Gasteiger partial charge in [0.05, 0.1) is 11.9 Å². The zero-order chi connectivity index (χ0) is 19.2. The minimum atomic E-state index is -0.243. The van der Waals surface area contributed by atoms with Gasteiger partial charge < -0.3 is 5.11 Å². The van der Waals surface area contributed by atoms with E-state index in [9.17, 15) is 9.50 Å². The number of hydrogen-bond acceptors (Lipinski definition) is 4. The lowest BCUT2D eigenvalue weighted by Crippen LogP contribution is -2.53. The summed E-state index contributed by atoms with van der Waals surface area (Å²) in [5.41, 5.74) is 3.32. The topological polar surface area (TPSA) is 44.5 Å². The highest BCUT2D eigenvalue weighted by atomic mass is 19.1. The number of nitrogens with zero attached hydrogens (tertiary/aromatic N) is 4. The van der Waals surface area contributed by atoms with E-state index in [0.717, 1.165) is 50.4 Å². The number of aliphatic hydroxyl groups is 1. The van der Waals surface area contributed by atoms with Crippen LogP contribution in [0.25, 0.3) is 5.69 Å². The van der Waals surface area contributed by atoms with E-state index in [-0.39, 0.29) is 12.4 Å². The van der Waals surface area contributed by atoms with Gasteiger partial charge in [0.15, 0.2) is 0 Å². The molecule has 0 amide bonds. The number of piperazine rings is 1. The number of allylic oxidation sites excluding steroid dienone is 1. The third kappa shape index (κ3) is 5.48. The Balaban J connectivity index is 1.61. The molecule has 3 rings (SSSR count). The predicted octanol–water partition coefficient (Wildman–Crippen LogP) is 2.85. The Labute approximate surface area is 160 Å². The number of halogens is 1. The van der Waals surface area contributed by atoms with Gasteiger partial charge >= 0.3 is 0 Å². The number of aliphatic hydroxyl groups excluding tert-OH is 1. The van der Waals surface area contributed by atoms with E-state index in [4.69, 9.17) is 0 Å². The van der Waals surface area contributed by atoms with E-state index in [1.54, 1.807) is 16.8 Å². The molecular formula is C21H29FN4O. The summed E-state index contributed by atoms with van der Waals surface area (Å²) in [6.45, 7) is 9.18. The summed E-state index contributed by atoms with van der Waals surface area (Å²) in [6.07, 6.45) is 6.93. The third-order valence-electron chi connectivity index (χ3n) is 5.02. The summed E-state index contributed by atoms with van der Waals surface area (Å²) in [5, 5.41) is 13.8. The zero-order valence-corrected chi connectivity index (χ0v) is 16.2. The number of rotatable bonds is 7. The minimum Gasteiger partial charge on any atom is -0.396 e. The first-order valence-corrected chi connectivity index (χ1v) is 9.55. The molecule has 1 atom stereocenters. The van der Waals surface area contributed by atoms with E-state index in [0.29, 0.717) is 6.04 Å². The second-order valence-electron chi connectivity index (χ2n) is 7.45. The van der Waals surface area contributed by atoms with E-state index >= 15 is 0 Å². The van der Waals surface area contributed by atoms with Gasteiger partial charge in [0.1, 0.15) is 5.82 Å². The van der Waals surface area contributed by atoms with Gasteiger partial charge in [0.25, 0.3) is 0 Å². The fraction of sp³-hybridized carbons (Fsp3) is 0.476. The lowest BCUT2D eigenvalue weighted by molar-refractivity contribution is 0.0636. The molecule has 1 aromatic heterocycles. The first-order chi connectivity index (χ1) is 13.0. The molecule has 0 bridgehead atoms. The largest absolute Gasteiger partial charge is 0.396 e. The monoisotopic (exact) mass is 372 g/mol. The van der Waals surface area contributed by atoms with Crippen LogP contribution in [0, 0.1) is 5.82 Å². The van der Waals surface area contributed by atoms with E-state index < -0.39 is 0 Å². The van der Waals surface area contributed by atoms with Gasteiger partial charge in [-0.25, -0.2) is 9.07 Å². The van der Waals surface area contributed by atoms with Crippen molar-refractivity contribution in [1.29, 1.82) is 0 Å². The summed E-state index contributed by atoms with van der Waals surface area (Å²) in [5.74, 6) is -0.243. The van der Waals surface area contributed by atoms with Crippen molar-refractivity contribution in [3.05, 3.63) is 59.7 Å². The summed E-state index contributed by atoms with van der Waals surface area (Å²) < 4.78 is 14.9. The molecule has 1 fully saturated rings. The number of aromatic nitrogens is 2. The van der Waals surface area contributed by atoms with Crippen LogP contribution in [0.3, 0.4) is 0 Å². The van der Waals surface area contributed by atoms with Crippen molar-refractivity contribution >= 4 is 0 Å². The molecule has 0 aliphatic carbocycles. The molecule has 146 valence electrons. The maximum absolute atomic E-state index is 13.1. The average molecular weight is 372 g/mol. The van der Waals surface area contributed by atoms with Crippen molar-refractivity contribution in [2.45, 2.75) is 32.9 Å². The van der Waals surface area contributed by atoms with Crippen molar-refractivity contribution in [2.75, 3.05) is 32.8 Å². The highest BCUT2D eigenvalue weighted by Gasteiger charge is 2.26. The minimum absolute atomic E-state index is 0.215. The molecule has 6 heteroatoms. The van der Waals surface area contributed by atoms with Gasteiger partial charge in [-0.2, -0.15) is 5.10 Å². The molecule has 27 heavy (non-hydrogen) atoms.